The lowest BCUT2D eigenvalue weighted by Crippen LogP contribution is -2.17. The number of aromatic nitrogens is 5. The van der Waals surface area contributed by atoms with E-state index in [1.807, 2.05) is 17.2 Å². The molecule has 0 radical (unpaired) electrons. The van der Waals surface area contributed by atoms with Crippen molar-refractivity contribution in [2.45, 2.75) is 38.8 Å². The maximum Gasteiger partial charge on any atom is 0.113 e. The summed E-state index contributed by atoms with van der Waals surface area (Å²) in [5.41, 5.74) is 4.76. The van der Waals surface area contributed by atoms with Gasteiger partial charge in [-0.2, -0.15) is 0 Å². The first-order chi connectivity index (χ1) is 9.86. The number of hydrogen-bond donors (Lipinski definition) is 0. The number of halogens is 1. The average Bonchev–Trinajstić information content (AvgIpc) is 3.12. The van der Waals surface area contributed by atoms with Crippen molar-refractivity contribution >= 4 is 23.4 Å². The van der Waals surface area contributed by atoms with Gasteiger partial charge < -0.3 is 4.57 Å². The number of imidazole rings is 1. The van der Waals surface area contributed by atoms with E-state index in [0.29, 0.717) is 6.04 Å². The normalized spacial score (nSPS) is 17.5. The Morgan fingerprint density at radius 1 is 1.33 bits per heavy atom. The minimum Gasteiger partial charge on any atom is -0.327 e. The first kappa shape index (κ1) is 14.1. The van der Waals surface area contributed by atoms with Crippen LogP contribution < -0.4 is 0 Å². The van der Waals surface area contributed by atoms with Crippen molar-refractivity contribution in [3.63, 3.8) is 0 Å². The Hall–Kier alpha value is -1.88. The molecule has 0 fully saturated rings. The van der Waals surface area contributed by atoms with Gasteiger partial charge in [0.15, 0.2) is 0 Å². The molecule has 0 spiro atoms. The summed E-state index contributed by atoms with van der Waals surface area (Å²) in [5.74, 6) is 0. The van der Waals surface area contributed by atoms with Gasteiger partial charge in [0.05, 0.1) is 17.9 Å². The first-order valence-corrected chi connectivity index (χ1v) is 7.20. The van der Waals surface area contributed by atoms with Crippen molar-refractivity contribution < 1.29 is 0 Å². The van der Waals surface area contributed by atoms with Crippen LogP contribution in [-0.4, -0.2) is 24.5 Å². The van der Waals surface area contributed by atoms with Crippen molar-refractivity contribution in [3.05, 3.63) is 42.0 Å². The van der Waals surface area contributed by atoms with Crippen LogP contribution in [0.15, 0.2) is 30.7 Å². The zero-order chi connectivity index (χ0) is 13.5. The molecule has 0 N–H and O–H groups in total. The molecule has 0 bridgehead atoms. The molecule has 0 saturated carbocycles. The number of aryl methyl sites for hydroxylation is 2. The van der Waals surface area contributed by atoms with E-state index in [2.05, 4.69) is 45.0 Å². The summed E-state index contributed by atoms with van der Waals surface area (Å²) in [6.07, 6.45) is 7.47. The molecule has 1 aliphatic heterocycles. The van der Waals surface area contributed by atoms with Gasteiger partial charge in [0.2, 0.25) is 0 Å². The third-order valence-corrected chi connectivity index (χ3v) is 4.21. The fourth-order valence-corrected chi connectivity index (χ4v) is 3.17. The van der Waals surface area contributed by atoms with Crippen molar-refractivity contribution in [1.82, 2.24) is 24.5 Å². The summed E-state index contributed by atoms with van der Waals surface area (Å²) < 4.78 is 4.27. The van der Waals surface area contributed by atoms with Crippen molar-refractivity contribution in [2.24, 2.45) is 0 Å². The van der Waals surface area contributed by atoms with E-state index in [1.165, 1.54) is 24.1 Å². The van der Waals surface area contributed by atoms with E-state index in [4.69, 9.17) is 0 Å². The zero-order valence-electron chi connectivity index (χ0n) is 11.9. The topological polar surface area (TPSA) is 48.5 Å². The molecule has 4 rings (SSSR count). The van der Waals surface area contributed by atoms with Gasteiger partial charge in [0.25, 0.3) is 0 Å². The Kier molecular flexibility index (Phi) is 3.68. The second kappa shape index (κ2) is 5.48. The molecule has 0 saturated heterocycles. The number of nitrogens with zero attached hydrogens (tertiary/aromatic N) is 5. The van der Waals surface area contributed by atoms with Crippen LogP contribution in [-0.2, 0) is 13.0 Å². The van der Waals surface area contributed by atoms with E-state index < -0.39 is 0 Å². The predicted octanol–water partition coefficient (Wildman–Crippen LogP) is 3.00. The van der Waals surface area contributed by atoms with Crippen LogP contribution in [0.5, 0.6) is 0 Å². The lowest BCUT2D eigenvalue weighted by atomic mass is 9.96. The molecule has 3 heterocycles. The number of benzene rings is 1. The number of rotatable bonds is 2. The molecule has 5 nitrogen and oxygen atoms in total. The summed E-state index contributed by atoms with van der Waals surface area (Å²) in [6.45, 7) is 2.94. The lowest BCUT2D eigenvalue weighted by molar-refractivity contribution is 0.458. The van der Waals surface area contributed by atoms with Gasteiger partial charge >= 0.3 is 0 Å². The minimum absolute atomic E-state index is 0. The summed E-state index contributed by atoms with van der Waals surface area (Å²) >= 11 is 0. The van der Waals surface area contributed by atoms with Gasteiger partial charge in [-0.3, -0.25) is 0 Å². The smallest absolute Gasteiger partial charge is 0.113 e. The van der Waals surface area contributed by atoms with Gasteiger partial charge in [-0.05, 0) is 43.9 Å². The third kappa shape index (κ3) is 2.21. The molecule has 1 aliphatic rings. The number of fused-ring (bicyclic) bond motifs is 2. The van der Waals surface area contributed by atoms with E-state index in [-0.39, 0.29) is 12.4 Å². The fourth-order valence-electron chi connectivity index (χ4n) is 3.17. The van der Waals surface area contributed by atoms with Crippen molar-refractivity contribution in [1.29, 1.82) is 0 Å². The van der Waals surface area contributed by atoms with Crippen LogP contribution in [0.25, 0.3) is 11.0 Å². The Morgan fingerprint density at radius 3 is 3.10 bits per heavy atom. The molecule has 110 valence electrons. The molecule has 6 heteroatoms. The van der Waals surface area contributed by atoms with Gasteiger partial charge in [0, 0.05) is 18.4 Å². The van der Waals surface area contributed by atoms with E-state index in [1.54, 1.807) is 0 Å². The maximum absolute atomic E-state index is 4.30. The molecule has 1 atom stereocenters. The first-order valence-electron chi connectivity index (χ1n) is 7.20. The van der Waals surface area contributed by atoms with E-state index in [0.717, 1.165) is 24.0 Å². The highest BCUT2D eigenvalue weighted by Crippen LogP contribution is 2.31. The van der Waals surface area contributed by atoms with Gasteiger partial charge in [0.1, 0.15) is 5.52 Å². The molecular weight excluding hydrogens is 286 g/mol. The summed E-state index contributed by atoms with van der Waals surface area (Å²) in [4.78, 5) is 4.30. The fraction of sp³-hybridized carbons (Fsp3) is 0.400. The zero-order valence-corrected chi connectivity index (χ0v) is 12.8. The molecule has 1 aromatic carbocycles. The summed E-state index contributed by atoms with van der Waals surface area (Å²) in [7, 11) is 0. The standard InChI is InChI=1S/C15H17N5.ClH/c1-2-20-15-8-11(6-7-13(15)17-18-20)14-5-3-4-12-9-16-10-19(12)14;/h6-10,14H,2-5H2,1H3;1H. The minimum atomic E-state index is 0. The Morgan fingerprint density at radius 2 is 2.24 bits per heavy atom. The molecular formula is C15H18ClN5. The van der Waals surface area contributed by atoms with Crippen LogP contribution in [0.4, 0.5) is 0 Å². The summed E-state index contributed by atoms with van der Waals surface area (Å²) in [5, 5.41) is 8.39. The molecule has 3 aromatic rings. The SMILES string of the molecule is CCn1nnc2ccc(C3CCCc4cncn43)cc21.Cl. The second-order valence-electron chi connectivity index (χ2n) is 5.35. The van der Waals surface area contributed by atoms with Crippen LogP contribution in [0.2, 0.25) is 0 Å². The largest absolute Gasteiger partial charge is 0.327 e. The molecule has 21 heavy (non-hydrogen) atoms. The van der Waals surface area contributed by atoms with Crippen LogP contribution in [0, 0.1) is 0 Å². The quantitative estimate of drug-likeness (QED) is 0.731. The molecule has 2 aromatic heterocycles. The van der Waals surface area contributed by atoms with Crippen LogP contribution >= 0.6 is 12.4 Å². The number of hydrogen-bond acceptors (Lipinski definition) is 3. The van der Waals surface area contributed by atoms with E-state index >= 15 is 0 Å². The molecule has 1 unspecified atom stereocenters. The van der Waals surface area contributed by atoms with Gasteiger partial charge in [-0.15, -0.1) is 17.5 Å². The van der Waals surface area contributed by atoms with Crippen molar-refractivity contribution in [2.75, 3.05) is 0 Å². The van der Waals surface area contributed by atoms with E-state index in [9.17, 15) is 0 Å². The van der Waals surface area contributed by atoms with Crippen molar-refractivity contribution in [3.8, 4) is 0 Å². The highest BCUT2D eigenvalue weighted by Gasteiger charge is 2.21. The Balaban J connectivity index is 0.00000132. The molecule has 0 amide bonds. The Bertz CT molecular complexity index is 760. The van der Waals surface area contributed by atoms with Gasteiger partial charge in [-0.25, -0.2) is 9.67 Å². The average molecular weight is 304 g/mol. The molecule has 0 aliphatic carbocycles. The Labute approximate surface area is 129 Å². The highest BCUT2D eigenvalue weighted by molar-refractivity contribution is 5.85. The van der Waals surface area contributed by atoms with Crippen LogP contribution in [0.3, 0.4) is 0 Å². The maximum atomic E-state index is 4.30. The third-order valence-electron chi connectivity index (χ3n) is 4.21. The highest BCUT2D eigenvalue weighted by atomic mass is 35.5. The van der Waals surface area contributed by atoms with Crippen LogP contribution in [0.1, 0.15) is 37.1 Å². The monoisotopic (exact) mass is 303 g/mol. The predicted molar refractivity (Wildman–Crippen MR) is 83.8 cm³/mol. The summed E-state index contributed by atoms with van der Waals surface area (Å²) in [6, 6.07) is 6.88. The van der Waals surface area contributed by atoms with Gasteiger partial charge in [-0.1, -0.05) is 11.3 Å². The second-order valence-corrected chi connectivity index (χ2v) is 5.35. The lowest BCUT2D eigenvalue weighted by Gasteiger charge is -2.25.